The molecule has 0 saturated carbocycles. The standard InChI is InChI=1S/C8H10F3NO/c1-12-7(8(9,10)11)5-6-3-2-4-13-6/h2-4,7,12H,5H2,1H3. The Bertz CT molecular complexity index is 242. The van der Waals surface area contributed by atoms with Crippen LogP contribution in [0.2, 0.25) is 0 Å². The van der Waals surface area contributed by atoms with Gasteiger partial charge in [0.15, 0.2) is 0 Å². The molecule has 1 heterocycles. The van der Waals surface area contributed by atoms with Crippen LogP contribution in [-0.2, 0) is 6.42 Å². The van der Waals surface area contributed by atoms with Gasteiger partial charge in [0, 0.05) is 6.42 Å². The van der Waals surface area contributed by atoms with E-state index in [9.17, 15) is 13.2 Å². The number of halogens is 3. The maximum Gasteiger partial charge on any atom is 0.404 e. The fraction of sp³-hybridized carbons (Fsp3) is 0.500. The third-order valence-electron chi connectivity index (χ3n) is 1.73. The molecule has 0 fully saturated rings. The summed E-state index contributed by atoms with van der Waals surface area (Å²) < 4.78 is 41.4. The van der Waals surface area contributed by atoms with Gasteiger partial charge in [-0.2, -0.15) is 13.2 Å². The number of likely N-dealkylation sites (N-methyl/N-ethyl adjacent to an activating group) is 1. The van der Waals surface area contributed by atoms with E-state index in [1.807, 2.05) is 0 Å². The zero-order chi connectivity index (χ0) is 9.90. The van der Waals surface area contributed by atoms with Crippen LogP contribution >= 0.6 is 0 Å². The Balaban J connectivity index is 2.60. The van der Waals surface area contributed by atoms with E-state index in [2.05, 4.69) is 5.32 Å². The normalized spacial score (nSPS) is 14.5. The van der Waals surface area contributed by atoms with Crippen LogP contribution in [0.1, 0.15) is 5.76 Å². The van der Waals surface area contributed by atoms with E-state index in [0.717, 1.165) is 0 Å². The van der Waals surface area contributed by atoms with E-state index in [1.54, 1.807) is 6.07 Å². The molecule has 1 rings (SSSR count). The highest BCUT2D eigenvalue weighted by atomic mass is 19.4. The van der Waals surface area contributed by atoms with Gasteiger partial charge in [0.05, 0.1) is 6.26 Å². The number of rotatable bonds is 3. The molecular weight excluding hydrogens is 183 g/mol. The second-order valence-electron chi connectivity index (χ2n) is 2.67. The Kier molecular flexibility index (Phi) is 2.98. The van der Waals surface area contributed by atoms with Crippen LogP contribution in [-0.4, -0.2) is 19.3 Å². The third-order valence-corrected chi connectivity index (χ3v) is 1.73. The predicted molar refractivity (Wildman–Crippen MR) is 41.3 cm³/mol. The summed E-state index contributed by atoms with van der Waals surface area (Å²) in [5.74, 6) is 0.330. The lowest BCUT2D eigenvalue weighted by Crippen LogP contribution is -2.41. The molecule has 5 heteroatoms. The molecule has 2 nitrogen and oxygen atoms in total. The van der Waals surface area contributed by atoms with Gasteiger partial charge in [-0.25, -0.2) is 0 Å². The van der Waals surface area contributed by atoms with Crippen LogP contribution in [0.25, 0.3) is 0 Å². The molecule has 0 aromatic carbocycles. The fourth-order valence-corrected chi connectivity index (χ4v) is 1.01. The summed E-state index contributed by atoms with van der Waals surface area (Å²) in [5, 5.41) is 2.20. The first-order valence-corrected chi connectivity index (χ1v) is 3.80. The summed E-state index contributed by atoms with van der Waals surface area (Å²) in [6.45, 7) is 0. The topological polar surface area (TPSA) is 25.2 Å². The summed E-state index contributed by atoms with van der Waals surface area (Å²) in [4.78, 5) is 0. The van der Waals surface area contributed by atoms with Crippen molar-refractivity contribution in [3.8, 4) is 0 Å². The van der Waals surface area contributed by atoms with Gasteiger partial charge in [0.1, 0.15) is 11.8 Å². The van der Waals surface area contributed by atoms with Gasteiger partial charge in [-0.15, -0.1) is 0 Å². The van der Waals surface area contributed by atoms with Gasteiger partial charge in [-0.3, -0.25) is 0 Å². The van der Waals surface area contributed by atoms with Crippen molar-refractivity contribution >= 4 is 0 Å². The highest BCUT2D eigenvalue weighted by molar-refractivity contribution is 5.01. The summed E-state index contributed by atoms with van der Waals surface area (Å²) in [6.07, 6.45) is -3.05. The molecule has 0 saturated heterocycles. The van der Waals surface area contributed by atoms with E-state index >= 15 is 0 Å². The Morgan fingerprint density at radius 3 is 2.62 bits per heavy atom. The molecule has 0 aliphatic carbocycles. The first kappa shape index (κ1) is 10.1. The fourth-order valence-electron chi connectivity index (χ4n) is 1.01. The van der Waals surface area contributed by atoms with E-state index in [0.29, 0.717) is 5.76 Å². The van der Waals surface area contributed by atoms with Gasteiger partial charge in [0.25, 0.3) is 0 Å². The van der Waals surface area contributed by atoms with Crippen LogP contribution in [0.15, 0.2) is 22.8 Å². The lowest BCUT2D eigenvalue weighted by molar-refractivity contribution is -0.154. The molecule has 13 heavy (non-hydrogen) atoms. The molecule has 0 amide bonds. The molecule has 0 bridgehead atoms. The largest absolute Gasteiger partial charge is 0.469 e. The molecule has 0 spiro atoms. The SMILES string of the molecule is CNC(Cc1ccco1)C(F)(F)F. The van der Waals surface area contributed by atoms with Gasteiger partial charge in [-0.05, 0) is 19.2 Å². The monoisotopic (exact) mass is 193 g/mol. The second kappa shape index (κ2) is 3.83. The van der Waals surface area contributed by atoms with E-state index in [4.69, 9.17) is 4.42 Å². The predicted octanol–water partition coefficient (Wildman–Crippen LogP) is 1.97. The number of nitrogens with one attached hydrogen (secondary N) is 1. The van der Waals surface area contributed by atoms with Crippen LogP contribution in [0.5, 0.6) is 0 Å². The first-order chi connectivity index (χ1) is 6.04. The van der Waals surface area contributed by atoms with Gasteiger partial charge in [0.2, 0.25) is 0 Å². The Labute approximate surface area is 73.7 Å². The van der Waals surface area contributed by atoms with Gasteiger partial charge < -0.3 is 9.73 Å². The highest BCUT2D eigenvalue weighted by Gasteiger charge is 2.38. The average Bonchev–Trinajstić information content (AvgIpc) is 2.49. The van der Waals surface area contributed by atoms with Crippen molar-refractivity contribution < 1.29 is 17.6 Å². The summed E-state index contributed by atoms with van der Waals surface area (Å²) in [5.41, 5.74) is 0. The number of hydrogen-bond acceptors (Lipinski definition) is 2. The smallest absolute Gasteiger partial charge is 0.404 e. The van der Waals surface area contributed by atoms with Crippen molar-refractivity contribution in [2.24, 2.45) is 0 Å². The molecule has 1 aromatic rings. The van der Waals surface area contributed by atoms with Crippen LogP contribution in [0.4, 0.5) is 13.2 Å². The first-order valence-electron chi connectivity index (χ1n) is 3.80. The zero-order valence-electron chi connectivity index (χ0n) is 7.06. The van der Waals surface area contributed by atoms with Crippen molar-refractivity contribution in [3.05, 3.63) is 24.2 Å². The molecule has 0 radical (unpaired) electrons. The van der Waals surface area contributed by atoms with Gasteiger partial charge >= 0.3 is 6.18 Å². The van der Waals surface area contributed by atoms with Crippen molar-refractivity contribution in [1.82, 2.24) is 5.32 Å². The molecule has 0 aliphatic rings. The highest BCUT2D eigenvalue weighted by Crippen LogP contribution is 2.22. The summed E-state index contributed by atoms with van der Waals surface area (Å²) >= 11 is 0. The maximum atomic E-state index is 12.2. The molecule has 1 aromatic heterocycles. The molecule has 0 aliphatic heterocycles. The number of alkyl halides is 3. The van der Waals surface area contributed by atoms with Crippen molar-refractivity contribution in [2.45, 2.75) is 18.6 Å². The molecular formula is C8H10F3NO. The molecule has 74 valence electrons. The van der Waals surface area contributed by atoms with Crippen molar-refractivity contribution in [3.63, 3.8) is 0 Å². The molecule has 1 N–H and O–H groups in total. The quantitative estimate of drug-likeness (QED) is 0.793. The average molecular weight is 193 g/mol. The molecule has 1 atom stereocenters. The zero-order valence-corrected chi connectivity index (χ0v) is 7.06. The second-order valence-corrected chi connectivity index (χ2v) is 2.67. The van der Waals surface area contributed by atoms with Crippen molar-refractivity contribution in [2.75, 3.05) is 7.05 Å². The van der Waals surface area contributed by atoms with Crippen LogP contribution < -0.4 is 5.32 Å². The Morgan fingerprint density at radius 1 is 1.54 bits per heavy atom. The lowest BCUT2D eigenvalue weighted by Gasteiger charge is -2.17. The third kappa shape index (κ3) is 2.77. The number of hydrogen-bond donors (Lipinski definition) is 1. The maximum absolute atomic E-state index is 12.2. The Morgan fingerprint density at radius 2 is 2.23 bits per heavy atom. The molecule has 1 unspecified atom stereocenters. The lowest BCUT2D eigenvalue weighted by atomic mass is 10.1. The Hall–Kier alpha value is -0.970. The minimum atomic E-state index is -4.23. The van der Waals surface area contributed by atoms with Gasteiger partial charge in [-0.1, -0.05) is 0 Å². The minimum absolute atomic E-state index is 0.174. The number of furan rings is 1. The van der Waals surface area contributed by atoms with Crippen molar-refractivity contribution in [1.29, 1.82) is 0 Å². The summed E-state index contributed by atoms with van der Waals surface area (Å²) in [7, 11) is 1.28. The van der Waals surface area contributed by atoms with E-state index in [-0.39, 0.29) is 6.42 Å². The van der Waals surface area contributed by atoms with Crippen LogP contribution in [0, 0.1) is 0 Å². The van der Waals surface area contributed by atoms with E-state index in [1.165, 1.54) is 19.4 Å². The minimum Gasteiger partial charge on any atom is -0.469 e. The van der Waals surface area contributed by atoms with Crippen LogP contribution in [0.3, 0.4) is 0 Å². The van der Waals surface area contributed by atoms with E-state index < -0.39 is 12.2 Å². The summed E-state index contributed by atoms with van der Waals surface area (Å²) in [6, 6.07) is 1.55.